The lowest BCUT2D eigenvalue weighted by atomic mass is 10.1. The maximum atomic E-state index is 12.7. The summed E-state index contributed by atoms with van der Waals surface area (Å²) in [4.78, 5) is 35.1. The van der Waals surface area contributed by atoms with Gasteiger partial charge in [-0.25, -0.2) is 9.59 Å². The van der Waals surface area contributed by atoms with Crippen LogP contribution in [0.4, 0.5) is 16.5 Å². The van der Waals surface area contributed by atoms with Gasteiger partial charge in [0, 0.05) is 18.9 Å². The van der Waals surface area contributed by atoms with Crippen molar-refractivity contribution >= 4 is 28.7 Å². The number of nitrogens with zero attached hydrogens (tertiary/aromatic N) is 3. The maximum absolute atomic E-state index is 12.7. The number of hydrogen-bond donors (Lipinski definition) is 1. The molecule has 3 aromatic rings. The van der Waals surface area contributed by atoms with Crippen LogP contribution in [0, 0.1) is 6.92 Å². The average molecular weight is 396 g/mol. The number of ether oxygens (including phenoxy) is 1. The summed E-state index contributed by atoms with van der Waals surface area (Å²) in [5, 5.41) is 2.98. The molecule has 8 heteroatoms. The normalized spacial score (nSPS) is 11.3. The fourth-order valence-electron chi connectivity index (χ4n) is 2.82. The Morgan fingerprint density at radius 2 is 2.00 bits per heavy atom. The molecule has 0 bridgehead atoms. The molecule has 0 radical (unpaired) electrons. The van der Waals surface area contributed by atoms with Gasteiger partial charge in [0.25, 0.3) is 0 Å². The highest BCUT2D eigenvalue weighted by molar-refractivity contribution is 5.93. The van der Waals surface area contributed by atoms with Crippen molar-refractivity contribution < 1.29 is 13.9 Å². The first-order chi connectivity index (χ1) is 13.6. The van der Waals surface area contributed by atoms with Gasteiger partial charge in [-0.05, 0) is 57.5 Å². The lowest BCUT2D eigenvalue weighted by molar-refractivity contribution is 0.0636. The number of rotatable bonds is 4. The molecule has 0 atom stereocenters. The van der Waals surface area contributed by atoms with Crippen LogP contribution >= 0.6 is 0 Å². The Hall–Kier alpha value is -3.42. The third kappa shape index (κ3) is 4.90. The second kappa shape index (κ2) is 7.90. The Morgan fingerprint density at radius 3 is 2.66 bits per heavy atom. The summed E-state index contributed by atoms with van der Waals surface area (Å²) in [6.45, 7) is 7.51. The van der Waals surface area contributed by atoms with E-state index in [1.807, 2.05) is 18.2 Å². The average Bonchev–Trinajstić information content (AvgIpc) is 2.63. The number of carbonyl (C=O) groups is 1. The van der Waals surface area contributed by atoms with Crippen molar-refractivity contribution in [2.45, 2.75) is 39.8 Å². The standard InChI is InChI=1S/C21H24N4O4/c1-13-15(24-20(27)29-21(2,3)4)9-10-16-17(13)18(26)28-19(23-16)25(5)12-14-8-6-7-11-22-14/h6-11H,12H2,1-5H3,(H,24,27). The van der Waals surface area contributed by atoms with E-state index in [2.05, 4.69) is 15.3 Å². The molecule has 29 heavy (non-hydrogen) atoms. The van der Waals surface area contributed by atoms with Crippen LogP contribution in [-0.4, -0.2) is 28.7 Å². The van der Waals surface area contributed by atoms with Gasteiger partial charge in [-0.15, -0.1) is 0 Å². The van der Waals surface area contributed by atoms with E-state index in [1.54, 1.807) is 58.0 Å². The van der Waals surface area contributed by atoms with Crippen molar-refractivity contribution in [3.63, 3.8) is 0 Å². The molecular formula is C21H24N4O4. The smallest absolute Gasteiger partial charge is 0.412 e. The molecule has 2 heterocycles. The predicted octanol–water partition coefficient (Wildman–Crippen LogP) is 3.87. The highest BCUT2D eigenvalue weighted by atomic mass is 16.6. The first kappa shape index (κ1) is 20.3. The van der Waals surface area contributed by atoms with Crippen molar-refractivity contribution in [3.05, 3.63) is 58.2 Å². The Bertz CT molecular complexity index is 1090. The van der Waals surface area contributed by atoms with Crippen LogP contribution in [0.3, 0.4) is 0 Å². The molecule has 152 valence electrons. The van der Waals surface area contributed by atoms with E-state index in [1.165, 1.54) is 0 Å². The number of aromatic nitrogens is 2. The zero-order chi connectivity index (χ0) is 21.2. The van der Waals surface area contributed by atoms with Gasteiger partial charge < -0.3 is 14.1 Å². The van der Waals surface area contributed by atoms with Crippen LogP contribution < -0.4 is 15.8 Å². The molecular weight excluding hydrogens is 372 g/mol. The molecule has 3 rings (SSSR count). The van der Waals surface area contributed by atoms with E-state index in [9.17, 15) is 9.59 Å². The van der Waals surface area contributed by atoms with Crippen LogP contribution in [0.25, 0.3) is 10.9 Å². The van der Waals surface area contributed by atoms with Gasteiger partial charge in [0.15, 0.2) is 0 Å². The van der Waals surface area contributed by atoms with Crippen LogP contribution in [0.1, 0.15) is 32.0 Å². The summed E-state index contributed by atoms with van der Waals surface area (Å²) in [5.41, 5.74) is 1.19. The molecule has 0 aliphatic heterocycles. The number of hydrogen-bond acceptors (Lipinski definition) is 7. The molecule has 1 amide bonds. The number of benzene rings is 1. The third-order valence-corrected chi connectivity index (χ3v) is 4.13. The summed E-state index contributed by atoms with van der Waals surface area (Å²) in [5.74, 6) is 0. The fraction of sp³-hybridized carbons (Fsp3) is 0.333. The quantitative estimate of drug-likeness (QED) is 0.715. The van der Waals surface area contributed by atoms with Gasteiger partial charge in [-0.3, -0.25) is 10.3 Å². The van der Waals surface area contributed by atoms with Crippen molar-refractivity contribution in [1.29, 1.82) is 0 Å². The van der Waals surface area contributed by atoms with Gasteiger partial charge in [-0.2, -0.15) is 4.98 Å². The second-order valence-corrected chi connectivity index (χ2v) is 7.72. The van der Waals surface area contributed by atoms with Crippen molar-refractivity contribution in [1.82, 2.24) is 9.97 Å². The number of pyridine rings is 1. The minimum Gasteiger partial charge on any atom is -0.444 e. The molecule has 0 spiro atoms. The first-order valence-corrected chi connectivity index (χ1v) is 9.19. The number of carbonyl (C=O) groups excluding carboxylic acids is 1. The number of fused-ring (bicyclic) bond motifs is 1. The fourth-order valence-corrected chi connectivity index (χ4v) is 2.82. The lowest BCUT2D eigenvalue weighted by Crippen LogP contribution is -2.27. The molecule has 0 unspecified atom stereocenters. The maximum Gasteiger partial charge on any atom is 0.412 e. The summed E-state index contributed by atoms with van der Waals surface area (Å²) in [6, 6.07) is 9.17. The number of amides is 1. The number of anilines is 2. The van der Waals surface area contributed by atoms with Gasteiger partial charge in [-0.1, -0.05) is 6.07 Å². The topological polar surface area (TPSA) is 97.6 Å². The van der Waals surface area contributed by atoms with Gasteiger partial charge in [0.2, 0.25) is 0 Å². The van der Waals surface area contributed by atoms with Crippen LogP contribution in [0.15, 0.2) is 45.7 Å². The van der Waals surface area contributed by atoms with E-state index in [0.717, 1.165) is 5.69 Å². The summed E-state index contributed by atoms with van der Waals surface area (Å²) in [7, 11) is 1.77. The molecule has 1 N–H and O–H groups in total. The lowest BCUT2D eigenvalue weighted by Gasteiger charge is -2.20. The van der Waals surface area contributed by atoms with Crippen molar-refractivity contribution in [2.24, 2.45) is 0 Å². The molecule has 1 aromatic carbocycles. The molecule has 0 aliphatic carbocycles. The Kier molecular flexibility index (Phi) is 5.54. The van der Waals surface area contributed by atoms with E-state index in [4.69, 9.17) is 9.15 Å². The minimum atomic E-state index is -0.623. The van der Waals surface area contributed by atoms with Crippen LogP contribution in [-0.2, 0) is 11.3 Å². The van der Waals surface area contributed by atoms with E-state index >= 15 is 0 Å². The van der Waals surface area contributed by atoms with E-state index in [-0.39, 0.29) is 6.01 Å². The summed E-state index contributed by atoms with van der Waals surface area (Å²) >= 11 is 0. The van der Waals surface area contributed by atoms with Crippen molar-refractivity contribution in [3.8, 4) is 0 Å². The number of nitrogens with one attached hydrogen (secondary N) is 1. The summed E-state index contributed by atoms with van der Waals surface area (Å²) in [6.07, 6.45) is 1.11. The van der Waals surface area contributed by atoms with Gasteiger partial charge >= 0.3 is 17.7 Å². The Balaban J connectivity index is 1.89. The molecule has 0 saturated carbocycles. The minimum absolute atomic E-state index is 0.195. The predicted molar refractivity (Wildman–Crippen MR) is 111 cm³/mol. The molecule has 8 nitrogen and oxygen atoms in total. The SMILES string of the molecule is Cc1c(NC(=O)OC(C)(C)C)ccc2nc(N(C)Cc3ccccn3)oc(=O)c12. The highest BCUT2D eigenvalue weighted by Crippen LogP contribution is 2.24. The molecule has 2 aromatic heterocycles. The number of aryl methyl sites for hydroxylation is 1. The van der Waals surface area contributed by atoms with Crippen molar-refractivity contribution in [2.75, 3.05) is 17.3 Å². The highest BCUT2D eigenvalue weighted by Gasteiger charge is 2.19. The monoisotopic (exact) mass is 396 g/mol. The van der Waals surface area contributed by atoms with Gasteiger partial charge in [0.05, 0.1) is 23.1 Å². The van der Waals surface area contributed by atoms with Gasteiger partial charge in [0.1, 0.15) is 5.60 Å². The molecule has 0 fully saturated rings. The Labute approximate surface area is 168 Å². The molecule has 0 aliphatic rings. The van der Waals surface area contributed by atoms with E-state index in [0.29, 0.717) is 28.7 Å². The second-order valence-electron chi connectivity index (χ2n) is 7.72. The third-order valence-electron chi connectivity index (χ3n) is 4.13. The first-order valence-electron chi connectivity index (χ1n) is 9.19. The zero-order valence-corrected chi connectivity index (χ0v) is 17.1. The molecule has 0 saturated heterocycles. The Morgan fingerprint density at radius 1 is 1.24 bits per heavy atom. The summed E-state index contributed by atoms with van der Waals surface area (Å²) < 4.78 is 10.7. The van der Waals surface area contributed by atoms with Crippen LogP contribution in [0.2, 0.25) is 0 Å². The van der Waals surface area contributed by atoms with E-state index < -0.39 is 17.3 Å². The largest absolute Gasteiger partial charge is 0.444 e. The van der Waals surface area contributed by atoms with Crippen LogP contribution in [0.5, 0.6) is 0 Å². The zero-order valence-electron chi connectivity index (χ0n) is 17.1.